The highest BCUT2D eigenvalue weighted by Gasteiger charge is 2.24. The van der Waals surface area contributed by atoms with Crippen molar-refractivity contribution >= 4 is 29.1 Å². The van der Waals surface area contributed by atoms with Gasteiger partial charge >= 0.3 is 0 Å². The summed E-state index contributed by atoms with van der Waals surface area (Å²) < 4.78 is 7.06. The van der Waals surface area contributed by atoms with E-state index in [2.05, 4.69) is 15.6 Å². The maximum atomic E-state index is 12.8. The third kappa shape index (κ3) is 3.48. The molecule has 1 aromatic carbocycles. The third-order valence-electron chi connectivity index (χ3n) is 4.10. The van der Waals surface area contributed by atoms with Gasteiger partial charge in [0.2, 0.25) is 0 Å². The average Bonchev–Trinajstić information content (AvgIpc) is 3.15. The van der Waals surface area contributed by atoms with Gasteiger partial charge in [0.25, 0.3) is 5.91 Å². The summed E-state index contributed by atoms with van der Waals surface area (Å²) in [5.41, 5.74) is 2.96. The maximum Gasteiger partial charge on any atom is 0.257 e. The van der Waals surface area contributed by atoms with E-state index in [1.165, 1.54) is 0 Å². The molecule has 0 saturated carbocycles. The van der Waals surface area contributed by atoms with Crippen LogP contribution in [-0.4, -0.2) is 20.8 Å². The molecule has 26 heavy (non-hydrogen) atoms. The van der Waals surface area contributed by atoms with Gasteiger partial charge in [0.15, 0.2) is 0 Å². The van der Waals surface area contributed by atoms with Crippen molar-refractivity contribution in [1.29, 1.82) is 0 Å². The van der Waals surface area contributed by atoms with Gasteiger partial charge in [-0.2, -0.15) is 5.10 Å². The molecular weight excluding hydrogens is 375 g/mol. The van der Waals surface area contributed by atoms with Gasteiger partial charge in [-0.05, 0) is 32.9 Å². The predicted octanol–water partition coefficient (Wildman–Crippen LogP) is 4.41. The molecule has 1 amide bonds. The lowest BCUT2D eigenvalue weighted by molar-refractivity contribution is 0.0950. The molecule has 0 fully saturated rings. The fourth-order valence-corrected chi connectivity index (χ4v) is 3.27. The minimum absolute atomic E-state index is 0.307. The number of aryl methyl sites for hydroxylation is 3. The first kappa shape index (κ1) is 18.5. The number of aromatic nitrogens is 3. The number of carbonyl (C=O) groups is 1. The first-order chi connectivity index (χ1) is 12.4. The maximum absolute atomic E-state index is 12.8. The fraction of sp³-hybridized carbons (Fsp3) is 0.278. The second-order valence-electron chi connectivity index (χ2n) is 5.84. The Hall–Kier alpha value is -2.31. The molecule has 0 atom stereocenters. The van der Waals surface area contributed by atoms with E-state index in [1.54, 1.807) is 25.1 Å². The van der Waals surface area contributed by atoms with Crippen LogP contribution in [0.15, 0.2) is 28.9 Å². The van der Waals surface area contributed by atoms with E-state index in [1.807, 2.05) is 24.7 Å². The number of hydrogen-bond acceptors (Lipinski definition) is 4. The molecule has 0 aliphatic rings. The molecule has 0 aliphatic heterocycles. The van der Waals surface area contributed by atoms with Crippen molar-refractivity contribution in [1.82, 2.24) is 20.3 Å². The first-order valence-electron chi connectivity index (χ1n) is 8.14. The van der Waals surface area contributed by atoms with Gasteiger partial charge in [-0.15, -0.1) is 0 Å². The highest BCUT2D eigenvalue weighted by atomic mass is 35.5. The predicted molar refractivity (Wildman–Crippen MR) is 101 cm³/mol. The van der Waals surface area contributed by atoms with Gasteiger partial charge in [-0.1, -0.05) is 34.4 Å². The lowest BCUT2D eigenvalue weighted by atomic mass is 10.1. The summed E-state index contributed by atoms with van der Waals surface area (Å²) in [6, 6.07) is 5.11. The molecule has 136 valence electrons. The van der Waals surface area contributed by atoms with E-state index in [9.17, 15) is 4.79 Å². The highest BCUT2D eigenvalue weighted by molar-refractivity contribution is 6.39. The van der Waals surface area contributed by atoms with Crippen LogP contribution in [-0.2, 0) is 13.1 Å². The second kappa shape index (κ2) is 7.51. The van der Waals surface area contributed by atoms with Crippen LogP contribution in [0, 0.1) is 13.8 Å². The molecule has 0 unspecified atom stereocenters. The van der Waals surface area contributed by atoms with Crippen LogP contribution in [0.2, 0.25) is 10.0 Å². The van der Waals surface area contributed by atoms with Crippen LogP contribution >= 0.6 is 23.2 Å². The standard InChI is InChI=1S/C18H18Cl2N4O2/c1-4-24-9-12(10(2)22-24)8-21-18(25)15-11(3)26-23-17(15)16-13(19)6-5-7-14(16)20/h5-7,9H,4,8H2,1-3H3,(H,21,25). The summed E-state index contributed by atoms with van der Waals surface area (Å²) in [5.74, 6) is 0.0906. The quantitative estimate of drug-likeness (QED) is 0.697. The number of amides is 1. The first-order valence-corrected chi connectivity index (χ1v) is 8.89. The van der Waals surface area contributed by atoms with E-state index in [4.69, 9.17) is 27.7 Å². The van der Waals surface area contributed by atoms with Crippen molar-refractivity contribution in [2.24, 2.45) is 0 Å². The molecule has 0 radical (unpaired) electrons. The van der Waals surface area contributed by atoms with Crippen molar-refractivity contribution in [3.8, 4) is 11.3 Å². The summed E-state index contributed by atoms with van der Waals surface area (Å²) in [4.78, 5) is 12.8. The van der Waals surface area contributed by atoms with Gasteiger partial charge in [0, 0.05) is 30.4 Å². The molecule has 0 spiro atoms. The van der Waals surface area contributed by atoms with Gasteiger partial charge < -0.3 is 9.84 Å². The molecule has 2 heterocycles. The number of nitrogens with one attached hydrogen (secondary N) is 1. The van der Waals surface area contributed by atoms with Gasteiger partial charge in [0.05, 0.1) is 15.7 Å². The Kier molecular flexibility index (Phi) is 5.34. The fourth-order valence-electron chi connectivity index (χ4n) is 2.69. The molecule has 0 saturated heterocycles. The Balaban J connectivity index is 1.89. The van der Waals surface area contributed by atoms with E-state index in [0.29, 0.717) is 39.2 Å². The van der Waals surface area contributed by atoms with Crippen molar-refractivity contribution in [2.75, 3.05) is 0 Å². The summed E-state index contributed by atoms with van der Waals surface area (Å²) in [6.45, 7) is 6.72. The lowest BCUT2D eigenvalue weighted by Gasteiger charge is -2.07. The van der Waals surface area contributed by atoms with Gasteiger partial charge in [0.1, 0.15) is 17.0 Å². The SMILES string of the molecule is CCn1cc(CNC(=O)c2c(-c3c(Cl)cccc3Cl)noc2C)c(C)n1. The van der Waals surface area contributed by atoms with Crippen LogP contribution in [0.3, 0.4) is 0 Å². The summed E-state index contributed by atoms with van der Waals surface area (Å²) in [6.07, 6.45) is 1.92. The largest absolute Gasteiger partial charge is 0.360 e. The Morgan fingerprint density at radius 1 is 1.27 bits per heavy atom. The summed E-state index contributed by atoms with van der Waals surface area (Å²) in [5, 5.41) is 12.1. The van der Waals surface area contributed by atoms with Crippen molar-refractivity contribution in [3.05, 3.63) is 57.0 Å². The molecule has 3 rings (SSSR count). The zero-order valence-electron chi connectivity index (χ0n) is 14.6. The van der Waals surface area contributed by atoms with Crippen LogP contribution < -0.4 is 5.32 Å². The highest BCUT2D eigenvalue weighted by Crippen LogP contribution is 2.36. The number of hydrogen-bond donors (Lipinski definition) is 1. The number of benzene rings is 1. The number of nitrogens with zero attached hydrogens (tertiary/aromatic N) is 3. The molecule has 0 aliphatic carbocycles. The smallest absolute Gasteiger partial charge is 0.257 e. The van der Waals surface area contributed by atoms with E-state index in [-0.39, 0.29) is 5.91 Å². The molecule has 6 nitrogen and oxygen atoms in total. The van der Waals surface area contributed by atoms with Crippen LogP contribution in [0.5, 0.6) is 0 Å². The molecule has 8 heteroatoms. The third-order valence-corrected chi connectivity index (χ3v) is 4.73. The summed E-state index contributed by atoms with van der Waals surface area (Å²) >= 11 is 12.5. The second-order valence-corrected chi connectivity index (χ2v) is 6.65. The Morgan fingerprint density at radius 3 is 2.58 bits per heavy atom. The molecule has 3 aromatic rings. The number of rotatable bonds is 5. The van der Waals surface area contributed by atoms with Crippen LogP contribution in [0.25, 0.3) is 11.3 Å². The van der Waals surface area contributed by atoms with E-state index >= 15 is 0 Å². The minimum Gasteiger partial charge on any atom is -0.360 e. The number of halogens is 2. The van der Waals surface area contributed by atoms with Crippen LogP contribution in [0.1, 0.15) is 34.3 Å². The molecule has 2 aromatic heterocycles. The van der Waals surface area contributed by atoms with E-state index in [0.717, 1.165) is 17.8 Å². The van der Waals surface area contributed by atoms with E-state index < -0.39 is 0 Å². The molecule has 0 bridgehead atoms. The van der Waals surface area contributed by atoms with Crippen molar-refractivity contribution < 1.29 is 9.32 Å². The lowest BCUT2D eigenvalue weighted by Crippen LogP contribution is -2.24. The van der Waals surface area contributed by atoms with Gasteiger partial charge in [-0.25, -0.2) is 0 Å². The monoisotopic (exact) mass is 392 g/mol. The average molecular weight is 393 g/mol. The Bertz CT molecular complexity index is 942. The molecular formula is C18H18Cl2N4O2. The Labute approximate surface area is 161 Å². The number of carbonyl (C=O) groups excluding carboxylic acids is 1. The van der Waals surface area contributed by atoms with Crippen molar-refractivity contribution in [2.45, 2.75) is 33.9 Å². The Morgan fingerprint density at radius 2 is 1.96 bits per heavy atom. The minimum atomic E-state index is -0.307. The normalized spacial score (nSPS) is 11.0. The van der Waals surface area contributed by atoms with Gasteiger partial charge in [-0.3, -0.25) is 9.48 Å². The van der Waals surface area contributed by atoms with Crippen LogP contribution in [0.4, 0.5) is 0 Å². The zero-order valence-corrected chi connectivity index (χ0v) is 16.1. The molecule has 1 N–H and O–H groups in total. The topological polar surface area (TPSA) is 73.0 Å². The summed E-state index contributed by atoms with van der Waals surface area (Å²) in [7, 11) is 0. The van der Waals surface area contributed by atoms with Crippen molar-refractivity contribution in [3.63, 3.8) is 0 Å². The zero-order chi connectivity index (χ0) is 18.8.